The molecular weight excluding hydrogens is 1570 g/mol. The highest BCUT2D eigenvalue weighted by atomic mass is 28.4. The lowest BCUT2D eigenvalue weighted by atomic mass is 9.88. The zero-order chi connectivity index (χ0) is 82.9. The zero-order valence-corrected chi connectivity index (χ0v) is 57.8. The van der Waals surface area contributed by atoms with Gasteiger partial charge in [0.1, 0.15) is 6.61 Å². The summed E-state index contributed by atoms with van der Waals surface area (Å²) >= 11 is 0. The molecule has 11 nitrogen and oxygen atoms in total. The zero-order valence-electron chi connectivity index (χ0n) is 56.8. The molecule has 0 radical (unpaired) electrons. The van der Waals surface area contributed by atoms with Crippen molar-refractivity contribution in [3.05, 3.63) is 29.8 Å². The minimum Gasteiger partial charge on any atom is -0.490 e. The van der Waals surface area contributed by atoms with E-state index in [0.717, 1.165) is 0 Å². The van der Waals surface area contributed by atoms with Gasteiger partial charge in [-0.15, -0.1) is 0 Å². The number of hydrogen-bond donors (Lipinski definition) is 0. The summed E-state index contributed by atoms with van der Waals surface area (Å²) in [6.07, 6.45) is -23.9. The van der Waals surface area contributed by atoms with Gasteiger partial charge in [0.25, 0.3) is 0 Å². The summed E-state index contributed by atoms with van der Waals surface area (Å²) in [6, 6.07) is 1.18. The first-order chi connectivity index (χ1) is 47.6. The van der Waals surface area contributed by atoms with E-state index < -0.39 is 210 Å². The van der Waals surface area contributed by atoms with Crippen molar-refractivity contribution in [3.8, 4) is 17.2 Å². The van der Waals surface area contributed by atoms with Crippen molar-refractivity contribution in [2.45, 2.75) is 237 Å². The Hall–Kier alpha value is -5.02. The number of alkyl halides is 34. The Bertz CT molecular complexity index is 2900. The van der Waals surface area contributed by atoms with Gasteiger partial charge in [0.15, 0.2) is 19.8 Å². The highest BCUT2D eigenvalue weighted by molar-refractivity contribution is 6.74. The van der Waals surface area contributed by atoms with Crippen LogP contribution in [0, 0.1) is 0 Å². The first kappa shape index (κ1) is 99.0. The number of halogens is 34. The van der Waals surface area contributed by atoms with E-state index in [1.807, 2.05) is 33.9 Å². The molecule has 1 rings (SSSR count). The fourth-order valence-electron chi connectivity index (χ4n) is 8.31. The molecule has 0 atom stereocenters. The molecule has 0 bridgehead atoms. The number of carbonyl (C=O) groups is 2. The van der Waals surface area contributed by atoms with Crippen LogP contribution >= 0.6 is 0 Å². The number of carbonyl (C=O) groups excluding carboxylic acids is 2. The van der Waals surface area contributed by atoms with E-state index in [1.165, 1.54) is 6.92 Å². The Labute approximate surface area is 584 Å². The van der Waals surface area contributed by atoms with Crippen LogP contribution in [0.5, 0.6) is 17.2 Å². The molecule has 0 aliphatic heterocycles. The van der Waals surface area contributed by atoms with Crippen LogP contribution in [0.1, 0.15) is 134 Å². The average Bonchev–Trinajstić information content (AvgIpc) is 0.701. The van der Waals surface area contributed by atoms with Gasteiger partial charge in [-0.2, -0.15) is 149 Å². The summed E-state index contributed by atoms with van der Waals surface area (Å²) in [5.41, 5.74) is -0.587. The second-order valence-corrected chi connectivity index (χ2v) is 30.0. The smallest absolute Gasteiger partial charge is 0.460 e. The fraction of sp³-hybridized carbons (Fsp3) is 0.833. The maximum absolute atomic E-state index is 14.9. The molecule has 624 valence electrons. The van der Waals surface area contributed by atoms with Gasteiger partial charge in [-0.1, -0.05) is 72.3 Å². The molecule has 0 aliphatic carbocycles. The van der Waals surface area contributed by atoms with Crippen LogP contribution in [0.3, 0.4) is 0 Å². The summed E-state index contributed by atoms with van der Waals surface area (Å²) in [7, 11) is -2.06. The molecule has 1 aromatic carbocycles. The predicted molar refractivity (Wildman–Crippen MR) is 305 cm³/mol. The molecule has 1 aromatic rings. The van der Waals surface area contributed by atoms with Crippen molar-refractivity contribution >= 4 is 20.3 Å². The molecule has 0 saturated heterocycles. The van der Waals surface area contributed by atoms with Gasteiger partial charge in [-0.25, -0.2) is 9.59 Å². The van der Waals surface area contributed by atoms with Crippen LogP contribution in [0.15, 0.2) is 24.3 Å². The van der Waals surface area contributed by atoms with Gasteiger partial charge in [0, 0.05) is 18.4 Å². The van der Waals surface area contributed by atoms with Crippen molar-refractivity contribution in [1.82, 2.24) is 0 Å². The van der Waals surface area contributed by atoms with Crippen LogP contribution in [0.25, 0.3) is 0 Å². The highest BCUT2D eigenvalue weighted by Crippen LogP contribution is 2.67. The normalized spacial score (nSPS) is 14.6. The summed E-state index contributed by atoms with van der Waals surface area (Å²) in [4.78, 5) is 25.0. The highest BCUT2D eigenvalue weighted by Gasteiger charge is 2.97. The molecule has 0 heterocycles. The first-order valence-electron chi connectivity index (χ1n) is 31.5. The summed E-state index contributed by atoms with van der Waals surface area (Å²) < 4.78 is 522. The van der Waals surface area contributed by atoms with E-state index in [0.29, 0.717) is 63.7 Å². The molecule has 0 aromatic heterocycles. The van der Waals surface area contributed by atoms with Gasteiger partial charge in [-0.3, -0.25) is 0 Å². The average molecular weight is 1650 g/mol. The second kappa shape index (κ2) is 37.3. The van der Waals surface area contributed by atoms with Crippen molar-refractivity contribution in [3.63, 3.8) is 0 Å². The number of hydrogen-bond acceptors (Lipinski definition) is 11. The van der Waals surface area contributed by atoms with Crippen molar-refractivity contribution < 1.29 is 201 Å². The van der Waals surface area contributed by atoms with E-state index in [-0.39, 0.29) is 63.1 Å². The second-order valence-electron chi connectivity index (χ2n) is 25.2. The molecule has 46 heteroatoms. The summed E-state index contributed by atoms with van der Waals surface area (Å²) in [5.74, 6) is -122. The molecule has 0 unspecified atom stereocenters. The van der Waals surface area contributed by atoms with Crippen LogP contribution in [0.4, 0.5) is 149 Å². The van der Waals surface area contributed by atoms with E-state index in [2.05, 4.69) is 6.58 Å². The Morgan fingerprint density at radius 3 is 0.934 bits per heavy atom. The van der Waals surface area contributed by atoms with Gasteiger partial charge < -0.3 is 42.3 Å². The monoisotopic (exact) mass is 1650 g/mol. The molecule has 0 spiro atoms. The predicted octanol–water partition coefficient (Wildman–Crippen LogP) is 21.0. The lowest BCUT2D eigenvalue weighted by Gasteiger charge is -2.42. The number of unbranched alkanes of at least 4 members (excludes halogenated alkanes) is 10. The number of ether oxygens (including phenoxy) is 8. The lowest BCUT2D eigenvalue weighted by Crippen LogP contribution is -2.74. The van der Waals surface area contributed by atoms with E-state index in [4.69, 9.17) is 42.3 Å². The molecule has 0 fully saturated rings. The third kappa shape index (κ3) is 22.6. The Kier molecular flexibility index (Phi) is 34.9. The van der Waals surface area contributed by atoms with Crippen LogP contribution < -0.4 is 14.2 Å². The van der Waals surface area contributed by atoms with Gasteiger partial charge in [0.05, 0.1) is 78.2 Å². The molecular formula is C60H76F34O11Si. The van der Waals surface area contributed by atoms with Crippen molar-refractivity contribution in [2.24, 2.45) is 0 Å². The Morgan fingerprint density at radius 1 is 0.340 bits per heavy atom. The van der Waals surface area contributed by atoms with Crippen molar-refractivity contribution in [1.29, 1.82) is 0 Å². The minimum atomic E-state index is -8.95. The van der Waals surface area contributed by atoms with Crippen LogP contribution in [-0.2, 0) is 32.9 Å². The minimum absolute atomic E-state index is 0.0179. The summed E-state index contributed by atoms with van der Waals surface area (Å²) in [6.45, 7) is 11.2. The van der Waals surface area contributed by atoms with Crippen LogP contribution in [0.2, 0.25) is 18.1 Å². The topological polar surface area (TPSA) is 117 Å². The Balaban J connectivity index is 3.73. The quantitative estimate of drug-likeness (QED) is 0.0204. The van der Waals surface area contributed by atoms with Gasteiger partial charge in [-0.05, 0) is 75.7 Å². The molecule has 0 saturated carbocycles. The third-order valence-electron chi connectivity index (χ3n) is 15.9. The maximum atomic E-state index is 14.9. The van der Waals surface area contributed by atoms with Crippen LogP contribution in [-0.4, -0.2) is 195 Å². The van der Waals surface area contributed by atoms with Gasteiger partial charge >= 0.3 is 107 Å². The molecule has 0 amide bonds. The standard InChI is InChI=1S/C60H76F34O11Si/c1-37(2)42(95)103-26-18-14-12-10-8-9-11-13-17-23-100-39-35-38(43(96)104-33-31-98-29-27-97-28-30-99-32-34-105-106(6,7)44(3,4)5)36-40(101-24-19-15-21-45(61,62)47(65,66)49(69,70)51(73,74)53(77,78)55(81,82)57(85,86)59(89,90)91)41(39)102-25-20-16-22-46(63,64)48(67,68)50(71,72)52(75,76)54(79,80)56(83,84)58(87,88)60(92,93)94/h35-36H,1,8-34H2,2-7H3. The fourth-order valence-corrected chi connectivity index (χ4v) is 9.34. The summed E-state index contributed by atoms with van der Waals surface area (Å²) in [5, 5.41) is -0.0700. The van der Waals surface area contributed by atoms with E-state index in [9.17, 15) is 159 Å². The number of rotatable bonds is 52. The molecule has 0 N–H and O–H groups in total. The number of benzene rings is 1. The lowest BCUT2D eigenvalue weighted by molar-refractivity contribution is -0.461. The molecule has 0 aliphatic rings. The van der Waals surface area contributed by atoms with Gasteiger partial charge in [0.2, 0.25) is 5.75 Å². The van der Waals surface area contributed by atoms with E-state index in [1.54, 1.807) is 0 Å². The number of esters is 2. The first-order valence-corrected chi connectivity index (χ1v) is 34.4. The van der Waals surface area contributed by atoms with E-state index >= 15 is 0 Å². The Morgan fingerprint density at radius 2 is 0.613 bits per heavy atom. The maximum Gasteiger partial charge on any atom is 0.460 e. The van der Waals surface area contributed by atoms with Crippen molar-refractivity contribution in [2.75, 3.05) is 79.3 Å². The SMILES string of the molecule is C=C(C)C(=O)OCCCCCCCCCCCOc1cc(C(=O)OCCOCCOCCOCCO[Si](C)(C)C(C)(C)C)cc(OCCCCC(F)(F)C(F)(F)C(F)(F)C(F)(F)C(F)(F)C(F)(F)C(F)(F)C(F)(F)F)c1OCCCCC(F)(F)C(F)(F)C(F)(F)C(F)(F)C(F)(F)C(F)(F)C(F)(F)C(F)(F)F. The largest absolute Gasteiger partial charge is 0.490 e. The third-order valence-corrected chi connectivity index (χ3v) is 20.5. The molecule has 106 heavy (non-hydrogen) atoms.